The molecule has 0 unspecified atom stereocenters. The van der Waals surface area contributed by atoms with Gasteiger partial charge in [0.05, 0.1) is 5.69 Å². The Balaban J connectivity index is 2.94. The van der Waals surface area contributed by atoms with Crippen LogP contribution in [-0.4, -0.2) is 29.7 Å². The molecule has 0 aliphatic heterocycles. The topological polar surface area (TPSA) is 53.4 Å². The van der Waals surface area contributed by atoms with Gasteiger partial charge in [0.1, 0.15) is 5.56 Å². The number of anilines is 1. The van der Waals surface area contributed by atoms with Crippen LogP contribution in [0, 0.1) is 12.8 Å². The summed E-state index contributed by atoms with van der Waals surface area (Å²) in [5, 5.41) is 9.12. The molecule has 0 saturated heterocycles. The van der Waals surface area contributed by atoms with Gasteiger partial charge in [-0.3, -0.25) is 4.98 Å². The maximum atomic E-state index is 11.1. The van der Waals surface area contributed by atoms with E-state index in [9.17, 15) is 4.79 Å². The van der Waals surface area contributed by atoms with E-state index in [1.54, 1.807) is 0 Å². The molecule has 1 N–H and O–H groups in total. The normalized spacial score (nSPS) is 10.6. The standard InChI is InChI=1S/C13H20N2O2/c1-9(2)5-6-15(4)12-7-10(3)14-8-11(12)13(16)17/h7-9H,5-6H2,1-4H3,(H,16,17). The third-order valence-corrected chi connectivity index (χ3v) is 2.70. The Labute approximate surface area is 102 Å². The summed E-state index contributed by atoms with van der Waals surface area (Å²) in [5.41, 5.74) is 1.84. The molecule has 1 aromatic rings. The number of carboxylic acids is 1. The number of aromatic carboxylic acids is 1. The first kappa shape index (κ1) is 13.5. The number of carboxylic acid groups (broad SMARTS) is 1. The first-order valence-corrected chi connectivity index (χ1v) is 5.83. The highest BCUT2D eigenvalue weighted by Crippen LogP contribution is 2.20. The van der Waals surface area contributed by atoms with Crippen LogP contribution in [0.3, 0.4) is 0 Å². The van der Waals surface area contributed by atoms with E-state index in [2.05, 4.69) is 18.8 Å². The Bertz CT molecular complexity index is 402. The Morgan fingerprint density at radius 2 is 2.18 bits per heavy atom. The molecule has 4 nitrogen and oxygen atoms in total. The first-order chi connectivity index (χ1) is 7.91. The van der Waals surface area contributed by atoms with E-state index in [0.29, 0.717) is 5.92 Å². The van der Waals surface area contributed by atoms with Crippen molar-refractivity contribution in [3.8, 4) is 0 Å². The Kier molecular flexibility index (Phi) is 4.49. The summed E-state index contributed by atoms with van der Waals surface area (Å²) in [5.74, 6) is -0.322. The zero-order valence-corrected chi connectivity index (χ0v) is 10.9. The van der Waals surface area contributed by atoms with E-state index in [4.69, 9.17) is 5.11 Å². The van der Waals surface area contributed by atoms with Gasteiger partial charge in [0.25, 0.3) is 0 Å². The lowest BCUT2D eigenvalue weighted by Gasteiger charge is -2.22. The zero-order chi connectivity index (χ0) is 13.0. The van der Waals surface area contributed by atoms with Crippen molar-refractivity contribution in [1.29, 1.82) is 0 Å². The lowest BCUT2D eigenvalue weighted by atomic mass is 10.1. The van der Waals surface area contributed by atoms with Crippen LogP contribution in [0.25, 0.3) is 0 Å². The molecular formula is C13H20N2O2. The van der Waals surface area contributed by atoms with E-state index in [1.165, 1.54) is 6.20 Å². The molecule has 0 spiro atoms. The lowest BCUT2D eigenvalue weighted by molar-refractivity contribution is 0.0697. The van der Waals surface area contributed by atoms with Crippen molar-refractivity contribution in [1.82, 2.24) is 4.98 Å². The molecule has 4 heteroatoms. The Morgan fingerprint density at radius 3 is 2.71 bits per heavy atom. The fourth-order valence-corrected chi connectivity index (χ4v) is 1.60. The minimum atomic E-state index is -0.927. The minimum absolute atomic E-state index is 0.266. The SMILES string of the molecule is Cc1cc(N(C)CCC(C)C)c(C(=O)O)cn1. The van der Waals surface area contributed by atoms with Gasteiger partial charge in [0.15, 0.2) is 0 Å². The fraction of sp³-hybridized carbons (Fsp3) is 0.538. The molecule has 0 fully saturated rings. The van der Waals surface area contributed by atoms with Crippen LogP contribution < -0.4 is 4.90 Å². The molecule has 0 aliphatic carbocycles. The van der Waals surface area contributed by atoms with Crippen molar-refractivity contribution >= 4 is 11.7 Å². The van der Waals surface area contributed by atoms with Crippen LogP contribution in [0.1, 0.15) is 36.3 Å². The van der Waals surface area contributed by atoms with E-state index in [1.807, 2.05) is 24.9 Å². The number of pyridine rings is 1. The maximum Gasteiger partial charge on any atom is 0.339 e. The summed E-state index contributed by atoms with van der Waals surface area (Å²) >= 11 is 0. The van der Waals surface area contributed by atoms with Gasteiger partial charge in [-0.05, 0) is 25.3 Å². The monoisotopic (exact) mass is 236 g/mol. The van der Waals surface area contributed by atoms with Crippen molar-refractivity contribution in [3.63, 3.8) is 0 Å². The number of nitrogens with zero attached hydrogens (tertiary/aromatic N) is 2. The minimum Gasteiger partial charge on any atom is -0.478 e. The second kappa shape index (κ2) is 5.66. The van der Waals surface area contributed by atoms with Crippen molar-refractivity contribution in [2.75, 3.05) is 18.5 Å². The third kappa shape index (κ3) is 3.73. The third-order valence-electron chi connectivity index (χ3n) is 2.70. The average Bonchev–Trinajstić information content (AvgIpc) is 2.25. The van der Waals surface area contributed by atoms with Crippen LogP contribution in [0.2, 0.25) is 0 Å². The molecule has 1 rings (SSSR count). The molecule has 17 heavy (non-hydrogen) atoms. The highest BCUT2D eigenvalue weighted by Gasteiger charge is 2.14. The molecule has 0 saturated carbocycles. The van der Waals surface area contributed by atoms with Gasteiger partial charge < -0.3 is 10.0 Å². The highest BCUT2D eigenvalue weighted by atomic mass is 16.4. The molecule has 0 bridgehead atoms. The Morgan fingerprint density at radius 1 is 1.53 bits per heavy atom. The number of hydrogen-bond donors (Lipinski definition) is 1. The van der Waals surface area contributed by atoms with Crippen molar-refractivity contribution in [3.05, 3.63) is 23.5 Å². The molecular weight excluding hydrogens is 216 g/mol. The maximum absolute atomic E-state index is 11.1. The smallest absolute Gasteiger partial charge is 0.339 e. The van der Waals surface area contributed by atoms with E-state index in [-0.39, 0.29) is 5.56 Å². The number of hydrogen-bond acceptors (Lipinski definition) is 3. The first-order valence-electron chi connectivity index (χ1n) is 5.83. The molecule has 0 radical (unpaired) electrons. The highest BCUT2D eigenvalue weighted by molar-refractivity contribution is 5.94. The molecule has 94 valence electrons. The van der Waals surface area contributed by atoms with Crippen molar-refractivity contribution < 1.29 is 9.90 Å². The molecule has 0 aromatic carbocycles. The molecule has 0 amide bonds. The Hall–Kier alpha value is -1.58. The number of carbonyl (C=O) groups is 1. The lowest BCUT2D eigenvalue weighted by Crippen LogP contribution is -2.22. The van der Waals surface area contributed by atoms with Gasteiger partial charge in [-0.15, -0.1) is 0 Å². The largest absolute Gasteiger partial charge is 0.478 e. The van der Waals surface area contributed by atoms with Gasteiger partial charge in [-0.2, -0.15) is 0 Å². The predicted octanol–water partition coefficient (Wildman–Crippen LogP) is 2.57. The van der Waals surface area contributed by atoms with E-state index >= 15 is 0 Å². The summed E-state index contributed by atoms with van der Waals surface area (Å²) in [6.07, 6.45) is 2.47. The van der Waals surface area contributed by atoms with Crippen LogP contribution in [0.15, 0.2) is 12.3 Å². The van der Waals surface area contributed by atoms with Gasteiger partial charge in [-0.1, -0.05) is 13.8 Å². The zero-order valence-electron chi connectivity index (χ0n) is 10.9. The van der Waals surface area contributed by atoms with Crippen molar-refractivity contribution in [2.45, 2.75) is 27.2 Å². The number of aromatic nitrogens is 1. The van der Waals surface area contributed by atoms with Crippen LogP contribution in [-0.2, 0) is 0 Å². The summed E-state index contributed by atoms with van der Waals surface area (Å²) in [6, 6.07) is 1.82. The average molecular weight is 236 g/mol. The summed E-state index contributed by atoms with van der Waals surface area (Å²) in [7, 11) is 1.92. The van der Waals surface area contributed by atoms with Crippen molar-refractivity contribution in [2.24, 2.45) is 5.92 Å². The van der Waals surface area contributed by atoms with Gasteiger partial charge >= 0.3 is 5.97 Å². The number of rotatable bonds is 5. The fourth-order valence-electron chi connectivity index (χ4n) is 1.60. The quantitative estimate of drug-likeness (QED) is 0.853. The summed E-state index contributed by atoms with van der Waals surface area (Å²) in [6.45, 7) is 7.03. The molecule has 0 atom stereocenters. The van der Waals surface area contributed by atoms with Gasteiger partial charge in [0, 0.05) is 25.5 Å². The number of aryl methyl sites for hydroxylation is 1. The predicted molar refractivity (Wildman–Crippen MR) is 68.7 cm³/mol. The molecule has 1 heterocycles. The van der Waals surface area contributed by atoms with E-state index < -0.39 is 5.97 Å². The summed E-state index contributed by atoms with van der Waals surface area (Å²) < 4.78 is 0. The van der Waals surface area contributed by atoms with Crippen LogP contribution in [0.4, 0.5) is 5.69 Å². The van der Waals surface area contributed by atoms with Crippen LogP contribution in [0.5, 0.6) is 0 Å². The summed E-state index contributed by atoms with van der Waals surface area (Å²) in [4.78, 5) is 17.1. The molecule has 1 aromatic heterocycles. The second-order valence-corrected chi connectivity index (χ2v) is 4.75. The van der Waals surface area contributed by atoms with Gasteiger partial charge in [-0.25, -0.2) is 4.79 Å². The van der Waals surface area contributed by atoms with Gasteiger partial charge in [0.2, 0.25) is 0 Å². The second-order valence-electron chi connectivity index (χ2n) is 4.75. The van der Waals surface area contributed by atoms with Crippen LogP contribution >= 0.6 is 0 Å². The molecule has 0 aliphatic rings. The van der Waals surface area contributed by atoms with E-state index in [0.717, 1.165) is 24.3 Å².